The Morgan fingerprint density at radius 3 is 2.48 bits per heavy atom. The number of hydrogen-bond donors (Lipinski definition) is 1. The number of fused-ring (bicyclic) bond motifs is 1. The van der Waals surface area contributed by atoms with Crippen LogP contribution in [0.2, 0.25) is 0 Å². The van der Waals surface area contributed by atoms with Crippen molar-refractivity contribution in [2.75, 3.05) is 46.3 Å². The van der Waals surface area contributed by atoms with Crippen LogP contribution in [-0.2, 0) is 9.47 Å². The van der Waals surface area contributed by atoms with Crippen molar-refractivity contribution in [3.05, 3.63) is 30.0 Å². The van der Waals surface area contributed by atoms with Crippen molar-refractivity contribution < 1.29 is 18.7 Å². The quantitative estimate of drug-likeness (QED) is 0.787. The van der Waals surface area contributed by atoms with Crippen LogP contribution in [0.4, 0.5) is 5.69 Å². The monoisotopic (exact) mass is 292 g/mol. The average Bonchev–Trinajstić information content (AvgIpc) is 2.89. The number of furan rings is 1. The van der Waals surface area contributed by atoms with Gasteiger partial charge in [-0.1, -0.05) is 0 Å². The standard InChI is InChI=1S/C15H20N2O4/c1-19-7-5-17(6-8-20-2)15(18)14-10-11-9-12(16)3-4-13(11)21-14/h3-4,9-10H,5-8,16H2,1-2H3. The van der Waals surface area contributed by atoms with E-state index in [1.807, 2.05) is 0 Å². The van der Waals surface area contributed by atoms with Gasteiger partial charge in [-0.3, -0.25) is 4.79 Å². The number of nitrogen functional groups attached to an aromatic ring is 1. The number of carbonyl (C=O) groups is 1. The molecule has 2 N–H and O–H groups in total. The topological polar surface area (TPSA) is 77.9 Å². The fraction of sp³-hybridized carbons (Fsp3) is 0.400. The molecule has 1 aromatic carbocycles. The summed E-state index contributed by atoms with van der Waals surface area (Å²) in [5.74, 6) is 0.113. The molecule has 1 heterocycles. The van der Waals surface area contributed by atoms with Crippen molar-refractivity contribution in [3.63, 3.8) is 0 Å². The van der Waals surface area contributed by atoms with Gasteiger partial charge < -0.3 is 24.5 Å². The van der Waals surface area contributed by atoms with E-state index in [1.165, 1.54) is 0 Å². The van der Waals surface area contributed by atoms with Crippen LogP contribution in [0.1, 0.15) is 10.6 Å². The molecule has 2 aromatic rings. The SMILES string of the molecule is COCCN(CCOC)C(=O)c1cc2cc(N)ccc2o1. The summed E-state index contributed by atoms with van der Waals surface area (Å²) in [5.41, 5.74) is 7.01. The first-order chi connectivity index (χ1) is 10.2. The molecule has 0 aliphatic carbocycles. The summed E-state index contributed by atoms with van der Waals surface area (Å²) in [6.07, 6.45) is 0. The summed E-state index contributed by atoms with van der Waals surface area (Å²) >= 11 is 0. The van der Waals surface area contributed by atoms with E-state index >= 15 is 0 Å². The number of anilines is 1. The molecule has 0 bridgehead atoms. The van der Waals surface area contributed by atoms with E-state index < -0.39 is 0 Å². The summed E-state index contributed by atoms with van der Waals surface area (Å²) < 4.78 is 15.7. The highest BCUT2D eigenvalue weighted by atomic mass is 16.5. The highest BCUT2D eigenvalue weighted by Crippen LogP contribution is 2.22. The Morgan fingerprint density at radius 2 is 1.86 bits per heavy atom. The van der Waals surface area contributed by atoms with Crippen LogP contribution in [0.3, 0.4) is 0 Å². The second kappa shape index (κ2) is 7.10. The van der Waals surface area contributed by atoms with Gasteiger partial charge in [0, 0.05) is 38.4 Å². The maximum Gasteiger partial charge on any atom is 0.289 e. The zero-order chi connectivity index (χ0) is 15.2. The molecule has 21 heavy (non-hydrogen) atoms. The van der Waals surface area contributed by atoms with Gasteiger partial charge in [0.15, 0.2) is 5.76 Å². The molecule has 114 valence electrons. The predicted octanol–water partition coefficient (Wildman–Crippen LogP) is 1.75. The smallest absolute Gasteiger partial charge is 0.289 e. The number of ether oxygens (including phenoxy) is 2. The molecule has 6 nitrogen and oxygen atoms in total. The number of carbonyl (C=O) groups excluding carboxylic acids is 1. The first-order valence-corrected chi connectivity index (χ1v) is 6.72. The molecule has 6 heteroatoms. The zero-order valence-corrected chi connectivity index (χ0v) is 12.3. The lowest BCUT2D eigenvalue weighted by Gasteiger charge is -2.20. The van der Waals surface area contributed by atoms with Crippen LogP contribution in [0, 0.1) is 0 Å². The van der Waals surface area contributed by atoms with Gasteiger partial charge in [0.05, 0.1) is 13.2 Å². The number of hydrogen-bond acceptors (Lipinski definition) is 5. The average molecular weight is 292 g/mol. The molecule has 0 spiro atoms. The van der Waals surface area contributed by atoms with Crippen molar-refractivity contribution in [1.82, 2.24) is 4.90 Å². The first-order valence-electron chi connectivity index (χ1n) is 6.72. The molecular weight excluding hydrogens is 272 g/mol. The largest absolute Gasteiger partial charge is 0.451 e. The number of methoxy groups -OCH3 is 2. The summed E-state index contributed by atoms with van der Waals surface area (Å²) in [5, 5.41) is 0.816. The zero-order valence-electron chi connectivity index (χ0n) is 12.3. The Hall–Kier alpha value is -2.05. The van der Waals surface area contributed by atoms with Gasteiger partial charge in [0.1, 0.15) is 5.58 Å². The van der Waals surface area contributed by atoms with E-state index in [9.17, 15) is 4.79 Å². The van der Waals surface area contributed by atoms with Gasteiger partial charge >= 0.3 is 0 Å². The summed E-state index contributed by atoms with van der Waals surface area (Å²) in [4.78, 5) is 14.1. The van der Waals surface area contributed by atoms with Crippen LogP contribution in [0.15, 0.2) is 28.7 Å². The van der Waals surface area contributed by atoms with E-state index in [4.69, 9.17) is 19.6 Å². The number of benzene rings is 1. The molecule has 0 atom stereocenters. The second-order valence-electron chi connectivity index (χ2n) is 4.69. The lowest BCUT2D eigenvalue weighted by atomic mass is 10.2. The van der Waals surface area contributed by atoms with Crippen LogP contribution in [-0.4, -0.2) is 51.3 Å². The molecule has 0 unspecified atom stereocenters. The number of nitrogens with zero attached hydrogens (tertiary/aromatic N) is 1. The Morgan fingerprint density at radius 1 is 1.19 bits per heavy atom. The highest BCUT2D eigenvalue weighted by Gasteiger charge is 2.19. The highest BCUT2D eigenvalue weighted by molar-refractivity contribution is 5.96. The van der Waals surface area contributed by atoms with Gasteiger partial charge in [0.2, 0.25) is 0 Å². The third-order valence-corrected chi connectivity index (χ3v) is 3.17. The van der Waals surface area contributed by atoms with Crippen LogP contribution >= 0.6 is 0 Å². The molecule has 0 fully saturated rings. The molecule has 0 saturated heterocycles. The predicted molar refractivity (Wildman–Crippen MR) is 80.3 cm³/mol. The van der Waals surface area contributed by atoms with Gasteiger partial charge in [-0.25, -0.2) is 0 Å². The fourth-order valence-electron chi connectivity index (χ4n) is 2.04. The van der Waals surface area contributed by atoms with Gasteiger partial charge in [-0.15, -0.1) is 0 Å². The Labute approximate surface area is 123 Å². The van der Waals surface area contributed by atoms with Crippen molar-refractivity contribution in [2.45, 2.75) is 0 Å². The fourth-order valence-corrected chi connectivity index (χ4v) is 2.04. The minimum absolute atomic E-state index is 0.182. The summed E-state index contributed by atoms with van der Waals surface area (Å²) in [7, 11) is 3.20. The Bertz CT molecular complexity index is 601. The Balaban J connectivity index is 2.20. The molecule has 0 radical (unpaired) electrons. The van der Waals surface area contributed by atoms with Crippen molar-refractivity contribution in [3.8, 4) is 0 Å². The van der Waals surface area contributed by atoms with Crippen molar-refractivity contribution >= 4 is 22.6 Å². The molecule has 1 aromatic heterocycles. The molecule has 2 rings (SSSR count). The van der Waals surface area contributed by atoms with E-state index in [0.29, 0.717) is 43.3 Å². The van der Waals surface area contributed by atoms with Crippen LogP contribution < -0.4 is 5.73 Å². The maximum absolute atomic E-state index is 12.5. The van der Waals surface area contributed by atoms with Crippen LogP contribution in [0.25, 0.3) is 11.0 Å². The second-order valence-corrected chi connectivity index (χ2v) is 4.69. The van der Waals surface area contributed by atoms with Gasteiger partial charge in [0.25, 0.3) is 5.91 Å². The molecule has 1 amide bonds. The van der Waals surface area contributed by atoms with E-state index in [1.54, 1.807) is 43.4 Å². The minimum atomic E-state index is -0.182. The van der Waals surface area contributed by atoms with Crippen molar-refractivity contribution in [1.29, 1.82) is 0 Å². The van der Waals surface area contributed by atoms with Gasteiger partial charge in [-0.2, -0.15) is 0 Å². The number of rotatable bonds is 7. The number of amides is 1. The van der Waals surface area contributed by atoms with E-state index in [0.717, 1.165) is 5.39 Å². The molecule has 0 aliphatic rings. The van der Waals surface area contributed by atoms with Crippen LogP contribution in [0.5, 0.6) is 0 Å². The maximum atomic E-state index is 12.5. The summed E-state index contributed by atoms with van der Waals surface area (Å²) in [6, 6.07) is 6.99. The Kier molecular flexibility index (Phi) is 5.19. The molecule has 0 saturated carbocycles. The van der Waals surface area contributed by atoms with Gasteiger partial charge in [-0.05, 0) is 24.3 Å². The van der Waals surface area contributed by atoms with Crippen molar-refractivity contribution in [2.24, 2.45) is 0 Å². The summed E-state index contributed by atoms with van der Waals surface area (Å²) in [6.45, 7) is 1.89. The third-order valence-electron chi connectivity index (χ3n) is 3.17. The lowest BCUT2D eigenvalue weighted by molar-refractivity contribution is 0.0600. The van der Waals surface area contributed by atoms with E-state index in [-0.39, 0.29) is 5.91 Å². The lowest BCUT2D eigenvalue weighted by Crippen LogP contribution is -2.36. The first kappa shape index (κ1) is 15.3. The molecule has 0 aliphatic heterocycles. The van der Waals surface area contributed by atoms with E-state index in [2.05, 4.69) is 0 Å². The number of nitrogens with two attached hydrogens (primary N) is 1. The minimum Gasteiger partial charge on any atom is -0.451 e. The third kappa shape index (κ3) is 3.74. The normalized spacial score (nSPS) is 11.0. The molecular formula is C15H20N2O4.